The minimum absolute atomic E-state index is 0. The van der Waals surface area contributed by atoms with Gasteiger partial charge in [-0.25, -0.2) is 9.38 Å². The van der Waals surface area contributed by atoms with Gasteiger partial charge in [-0.2, -0.15) is 5.26 Å². The van der Waals surface area contributed by atoms with Crippen LogP contribution in [0.3, 0.4) is 0 Å². The van der Waals surface area contributed by atoms with E-state index < -0.39 is 0 Å². The molecule has 0 saturated carbocycles. The van der Waals surface area contributed by atoms with Crippen LogP contribution in [-0.4, -0.2) is 50.8 Å². The number of nitrogens with zero attached hydrogens (tertiary/aromatic N) is 3. The maximum absolute atomic E-state index is 14.1. The largest absolute Gasteiger partial charge is 0.497 e. The Morgan fingerprint density at radius 2 is 1.94 bits per heavy atom. The molecular formula is C24H31FIN5O2. The number of methoxy groups -OCH3 is 2. The zero-order valence-corrected chi connectivity index (χ0v) is 21.6. The van der Waals surface area contributed by atoms with Gasteiger partial charge >= 0.3 is 0 Å². The first-order valence-corrected chi connectivity index (χ1v) is 10.7. The van der Waals surface area contributed by atoms with Crippen LogP contribution in [0, 0.1) is 17.1 Å². The van der Waals surface area contributed by atoms with Crippen molar-refractivity contribution in [2.24, 2.45) is 4.99 Å². The highest BCUT2D eigenvalue weighted by atomic mass is 127. The van der Waals surface area contributed by atoms with Crippen LogP contribution in [-0.2, 0) is 13.1 Å². The second-order valence-electron chi connectivity index (χ2n) is 7.70. The molecule has 0 bridgehead atoms. The molecule has 2 N–H and O–H groups in total. The van der Waals surface area contributed by atoms with Crippen molar-refractivity contribution in [2.75, 3.05) is 33.9 Å². The third-order valence-electron chi connectivity index (χ3n) is 5.36. The second kappa shape index (κ2) is 13.2. The molecule has 0 spiro atoms. The zero-order chi connectivity index (χ0) is 22.9. The third-order valence-corrected chi connectivity index (χ3v) is 5.36. The van der Waals surface area contributed by atoms with Crippen molar-refractivity contribution in [1.82, 2.24) is 15.5 Å². The summed E-state index contributed by atoms with van der Waals surface area (Å²) >= 11 is 0. The number of nitriles is 1. The first-order valence-electron chi connectivity index (χ1n) is 10.7. The van der Waals surface area contributed by atoms with E-state index in [1.807, 2.05) is 31.2 Å². The summed E-state index contributed by atoms with van der Waals surface area (Å²) in [5, 5.41) is 15.7. The van der Waals surface area contributed by atoms with E-state index in [2.05, 4.69) is 20.5 Å². The molecule has 1 unspecified atom stereocenters. The fraction of sp³-hybridized carbons (Fsp3) is 0.417. The Kier molecular flexibility index (Phi) is 10.7. The summed E-state index contributed by atoms with van der Waals surface area (Å²) in [6.07, 6.45) is 0.976. The van der Waals surface area contributed by atoms with E-state index in [0.717, 1.165) is 43.1 Å². The zero-order valence-electron chi connectivity index (χ0n) is 19.2. The summed E-state index contributed by atoms with van der Waals surface area (Å²) in [4.78, 5) is 6.90. The van der Waals surface area contributed by atoms with E-state index in [1.54, 1.807) is 20.3 Å². The van der Waals surface area contributed by atoms with Crippen molar-refractivity contribution in [3.05, 3.63) is 58.9 Å². The predicted molar refractivity (Wildman–Crippen MR) is 138 cm³/mol. The number of aliphatic imine (C=N–C) groups is 1. The average Bonchev–Trinajstić information content (AvgIpc) is 3.24. The minimum Gasteiger partial charge on any atom is -0.497 e. The molecule has 0 aliphatic carbocycles. The predicted octanol–water partition coefficient (Wildman–Crippen LogP) is 3.66. The van der Waals surface area contributed by atoms with Crippen LogP contribution in [0.2, 0.25) is 0 Å². The SMILES string of the molecule is CCNC(=NCc1cc(C#N)ccc1F)NC1CCN(Cc2cc(OC)cc(OC)c2)C1.I. The van der Waals surface area contributed by atoms with Gasteiger partial charge in [-0.15, -0.1) is 24.0 Å². The van der Waals surface area contributed by atoms with E-state index in [1.165, 1.54) is 12.1 Å². The number of guanidine groups is 1. The Morgan fingerprint density at radius 1 is 1.21 bits per heavy atom. The number of hydrogen-bond acceptors (Lipinski definition) is 5. The van der Waals surface area contributed by atoms with E-state index in [4.69, 9.17) is 14.7 Å². The monoisotopic (exact) mass is 567 g/mol. The molecule has 1 atom stereocenters. The van der Waals surface area contributed by atoms with Crippen molar-refractivity contribution < 1.29 is 13.9 Å². The van der Waals surface area contributed by atoms with Gasteiger partial charge in [0.05, 0.1) is 32.4 Å². The van der Waals surface area contributed by atoms with Gasteiger partial charge in [0.2, 0.25) is 0 Å². The molecule has 1 fully saturated rings. The number of nitrogens with one attached hydrogen (secondary N) is 2. The van der Waals surface area contributed by atoms with Crippen molar-refractivity contribution in [2.45, 2.75) is 32.5 Å². The van der Waals surface area contributed by atoms with Crippen LogP contribution in [0.25, 0.3) is 0 Å². The van der Waals surface area contributed by atoms with Crippen molar-refractivity contribution >= 4 is 29.9 Å². The number of hydrogen-bond donors (Lipinski definition) is 2. The molecule has 1 aliphatic rings. The molecule has 2 aromatic rings. The van der Waals surface area contributed by atoms with Gasteiger partial charge in [0.15, 0.2) is 5.96 Å². The Labute approximate surface area is 212 Å². The maximum Gasteiger partial charge on any atom is 0.191 e. The van der Waals surface area contributed by atoms with Gasteiger partial charge in [0.1, 0.15) is 17.3 Å². The molecule has 33 heavy (non-hydrogen) atoms. The Bertz CT molecular complexity index is 973. The summed E-state index contributed by atoms with van der Waals surface area (Å²) in [6.45, 7) is 5.47. The molecule has 1 aliphatic heterocycles. The lowest BCUT2D eigenvalue weighted by Gasteiger charge is -2.19. The Balaban J connectivity index is 0.00000385. The molecule has 1 saturated heterocycles. The maximum atomic E-state index is 14.1. The average molecular weight is 567 g/mol. The molecule has 0 radical (unpaired) electrons. The Morgan fingerprint density at radius 3 is 2.58 bits per heavy atom. The highest BCUT2D eigenvalue weighted by Gasteiger charge is 2.23. The smallest absolute Gasteiger partial charge is 0.191 e. The summed E-state index contributed by atoms with van der Waals surface area (Å²) in [6, 6.07) is 12.5. The Hall–Kier alpha value is -2.58. The van der Waals surface area contributed by atoms with Gasteiger partial charge in [-0.1, -0.05) is 0 Å². The summed E-state index contributed by atoms with van der Waals surface area (Å²) in [7, 11) is 3.30. The number of ether oxygens (including phenoxy) is 2. The molecule has 2 aromatic carbocycles. The molecule has 7 nitrogen and oxygen atoms in total. The van der Waals surface area contributed by atoms with Crippen molar-refractivity contribution in [3.8, 4) is 17.6 Å². The van der Waals surface area contributed by atoms with Crippen LogP contribution in [0.4, 0.5) is 4.39 Å². The fourth-order valence-corrected chi connectivity index (χ4v) is 3.75. The lowest BCUT2D eigenvalue weighted by Crippen LogP contribution is -2.44. The number of benzene rings is 2. The van der Waals surface area contributed by atoms with Crippen molar-refractivity contribution in [1.29, 1.82) is 5.26 Å². The third kappa shape index (κ3) is 7.75. The van der Waals surface area contributed by atoms with Gasteiger partial charge in [-0.3, -0.25) is 4.90 Å². The molecule has 9 heteroatoms. The van der Waals surface area contributed by atoms with Crippen LogP contribution in [0.1, 0.15) is 30.0 Å². The first-order chi connectivity index (χ1) is 15.5. The first kappa shape index (κ1) is 26.7. The number of rotatable bonds is 8. The molecule has 0 amide bonds. The van der Waals surface area contributed by atoms with E-state index in [-0.39, 0.29) is 42.4 Å². The second-order valence-corrected chi connectivity index (χ2v) is 7.70. The number of halogens is 2. The highest BCUT2D eigenvalue weighted by Crippen LogP contribution is 2.24. The van der Waals surface area contributed by atoms with Crippen LogP contribution < -0.4 is 20.1 Å². The topological polar surface area (TPSA) is 81.9 Å². The van der Waals surface area contributed by atoms with Gasteiger partial charge in [0.25, 0.3) is 0 Å². The van der Waals surface area contributed by atoms with Gasteiger partial charge in [0, 0.05) is 43.9 Å². The van der Waals surface area contributed by atoms with E-state index in [9.17, 15) is 4.39 Å². The van der Waals surface area contributed by atoms with E-state index >= 15 is 0 Å². The quantitative estimate of drug-likeness (QED) is 0.288. The van der Waals surface area contributed by atoms with Crippen molar-refractivity contribution in [3.63, 3.8) is 0 Å². The van der Waals surface area contributed by atoms with Crippen LogP contribution >= 0.6 is 24.0 Å². The molecular weight excluding hydrogens is 536 g/mol. The fourth-order valence-electron chi connectivity index (χ4n) is 3.75. The normalized spacial score (nSPS) is 16.0. The standard InChI is InChI=1S/C24H30FN5O2.HI/c1-4-27-24(28-14-19-9-17(13-26)5-6-23(19)25)29-20-7-8-30(16-20)15-18-10-21(31-2)12-22(11-18)32-3;/h5-6,9-12,20H,4,7-8,14-16H2,1-3H3,(H2,27,28,29);1H. The number of likely N-dealkylation sites (tertiary alicyclic amines) is 1. The van der Waals surface area contributed by atoms with E-state index in [0.29, 0.717) is 23.6 Å². The van der Waals surface area contributed by atoms with Gasteiger partial charge < -0.3 is 20.1 Å². The van der Waals surface area contributed by atoms with Gasteiger partial charge in [-0.05, 0) is 49.2 Å². The summed E-state index contributed by atoms with van der Waals surface area (Å²) in [5.74, 6) is 1.85. The minimum atomic E-state index is -0.357. The summed E-state index contributed by atoms with van der Waals surface area (Å²) in [5.41, 5.74) is 1.96. The molecule has 1 heterocycles. The molecule has 178 valence electrons. The molecule has 0 aromatic heterocycles. The highest BCUT2D eigenvalue weighted by molar-refractivity contribution is 14.0. The van der Waals surface area contributed by atoms with Crippen LogP contribution in [0.5, 0.6) is 11.5 Å². The summed E-state index contributed by atoms with van der Waals surface area (Å²) < 4.78 is 24.8. The van der Waals surface area contributed by atoms with Crippen LogP contribution in [0.15, 0.2) is 41.4 Å². The molecule has 3 rings (SSSR count). The lowest BCUT2D eigenvalue weighted by atomic mass is 10.1. The lowest BCUT2D eigenvalue weighted by molar-refractivity contribution is 0.321.